The summed E-state index contributed by atoms with van der Waals surface area (Å²) < 4.78 is 0. The lowest BCUT2D eigenvalue weighted by Gasteiger charge is -2.17. The monoisotopic (exact) mass is 238 g/mol. The van der Waals surface area contributed by atoms with E-state index in [9.17, 15) is 0 Å². The van der Waals surface area contributed by atoms with Crippen molar-refractivity contribution < 1.29 is 0 Å². The maximum Gasteiger partial charge on any atom is 0.0391 e. The van der Waals surface area contributed by atoms with Gasteiger partial charge in [0.2, 0.25) is 0 Å². The first-order chi connectivity index (χ1) is 7.76. The summed E-state index contributed by atoms with van der Waals surface area (Å²) in [6.45, 7) is 4.98. The molecule has 0 bridgehead atoms. The third kappa shape index (κ3) is 4.90. The van der Waals surface area contributed by atoms with E-state index < -0.39 is 0 Å². The Balaban J connectivity index is 2.40. The normalized spacial score (nSPS) is 12.4. The van der Waals surface area contributed by atoms with Gasteiger partial charge in [-0.3, -0.25) is 0 Å². The largest absolute Gasteiger partial charge is 0.381 e. The van der Waals surface area contributed by atoms with Gasteiger partial charge in [0.15, 0.2) is 0 Å². The van der Waals surface area contributed by atoms with Crippen LogP contribution in [0.5, 0.6) is 0 Å². The molecule has 0 saturated carbocycles. The molecule has 3 N–H and O–H groups in total. The molecule has 0 aromatic heterocycles. The van der Waals surface area contributed by atoms with Gasteiger partial charge in [-0.2, -0.15) is 11.8 Å². The van der Waals surface area contributed by atoms with Crippen LogP contribution >= 0.6 is 11.8 Å². The maximum atomic E-state index is 5.76. The summed E-state index contributed by atoms with van der Waals surface area (Å²) in [6.07, 6.45) is 1.13. The van der Waals surface area contributed by atoms with Crippen LogP contribution < -0.4 is 11.1 Å². The van der Waals surface area contributed by atoms with E-state index in [0.29, 0.717) is 12.6 Å². The standard InChI is InChI=1S/C13H22N2S/c1-3-16-9-8-13(10-14)15-12-6-4-11(2)5-7-12/h4-7,13,15H,3,8-10,14H2,1-2H3. The molecule has 2 nitrogen and oxygen atoms in total. The number of hydrogen-bond donors (Lipinski definition) is 2. The minimum Gasteiger partial charge on any atom is -0.381 e. The van der Waals surface area contributed by atoms with Crippen LogP contribution in [0.1, 0.15) is 18.9 Å². The van der Waals surface area contributed by atoms with Crippen LogP contribution in [0.15, 0.2) is 24.3 Å². The maximum absolute atomic E-state index is 5.76. The third-order valence-corrected chi connectivity index (χ3v) is 3.45. The molecule has 1 aromatic rings. The molecule has 0 heterocycles. The Hall–Kier alpha value is -0.670. The molecule has 1 aromatic carbocycles. The van der Waals surface area contributed by atoms with Gasteiger partial charge < -0.3 is 11.1 Å². The van der Waals surface area contributed by atoms with Crippen LogP contribution in [-0.4, -0.2) is 24.1 Å². The van der Waals surface area contributed by atoms with E-state index in [4.69, 9.17) is 5.73 Å². The van der Waals surface area contributed by atoms with E-state index >= 15 is 0 Å². The van der Waals surface area contributed by atoms with Crippen molar-refractivity contribution in [1.82, 2.24) is 0 Å². The quantitative estimate of drug-likeness (QED) is 0.717. The van der Waals surface area contributed by atoms with Gasteiger partial charge in [0.05, 0.1) is 0 Å². The Morgan fingerprint density at radius 2 is 2.00 bits per heavy atom. The summed E-state index contributed by atoms with van der Waals surface area (Å²) >= 11 is 1.97. The molecular weight excluding hydrogens is 216 g/mol. The summed E-state index contributed by atoms with van der Waals surface area (Å²) in [6, 6.07) is 8.87. The van der Waals surface area contributed by atoms with Gasteiger partial charge in [0.1, 0.15) is 0 Å². The lowest BCUT2D eigenvalue weighted by Crippen LogP contribution is -2.29. The molecule has 90 valence electrons. The van der Waals surface area contributed by atoms with Gasteiger partial charge in [0, 0.05) is 18.3 Å². The number of rotatable bonds is 7. The molecule has 0 spiro atoms. The van der Waals surface area contributed by atoms with Gasteiger partial charge >= 0.3 is 0 Å². The van der Waals surface area contributed by atoms with E-state index in [2.05, 4.69) is 43.4 Å². The zero-order chi connectivity index (χ0) is 11.8. The van der Waals surface area contributed by atoms with Gasteiger partial charge in [-0.1, -0.05) is 24.6 Å². The van der Waals surface area contributed by atoms with Crippen LogP contribution in [0.4, 0.5) is 5.69 Å². The first-order valence-electron chi connectivity index (χ1n) is 5.87. The fourth-order valence-electron chi connectivity index (χ4n) is 1.50. The number of anilines is 1. The lowest BCUT2D eigenvalue weighted by molar-refractivity contribution is 0.709. The molecule has 0 aliphatic heterocycles. The molecular formula is C13H22N2S. The molecule has 1 unspecified atom stereocenters. The molecule has 3 heteroatoms. The van der Waals surface area contributed by atoms with Crippen molar-refractivity contribution in [1.29, 1.82) is 0 Å². The smallest absolute Gasteiger partial charge is 0.0391 e. The average Bonchev–Trinajstić information content (AvgIpc) is 2.31. The van der Waals surface area contributed by atoms with Gasteiger partial charge in [-0.25, -0.2) is 0 Å². The van der Waals surface area contributed by atoms with Crippen LogP contribution in [0.25, 0.3) is 0 Å². The minimum atomic E-state index is 0.391. The molecule has 0 radical (unpaired) electrons. The first-order valence-corrected chi connectivity index (χ1v) is 7.02. The summed E-state index contributed by atoms with van der Waals surface area (Å²) in [5.41, 5.74) is 8.22. The van der Waals surface area contributed by atoms with Crippen molar-refractivity contribution in [2.45, 2.75) is 26.3 Å². The predicted molar refractivity (Wildman–Crippen MR) is 75.3 cm³/mol. The van der Waals surface area contributed by atoms with Gasteiger partial charge in [-0.15, -0.1) is 0 Å². The molecule has 0 fully saturated rings. The molecule has 1 atom stereocenters. The molecule has 1 rings (SSSR count). The van der Waals surface area contributed by atoms with Crippen molar-refractivity contribution in [3.8, 4) is 0 Å². The van der Waals surface area contributed by atoms with Crippen molar-refractivity contribution in [2.75, 3.05) is 23.4 Å². The Bertz CT molecular complexity index is 284. The van der Waals surface area contributed by atoms with Crippen molar-refractivity contribution in [2.24, 2.45) is 5.73 Å². The van der Waals surface area contributed by atoms with E-state index in [1.54, 1.807) is 0 Å². The minimum absolute atomic E-state index is 0.391. The Labute approximate surface area is 103 Å². The van der Waals surface area contributed by atoms with Gasteiger partial charge in [0.25, 0.3) is 0 Å². The number of benzene rings is 1. The molecule has 0 saturated heterocycles. The Morgan fingerprint density at radius 3 is 2.56 bits per heavy atom. The lowest BCUT2D eigenvalue weighted by atomic mass is 10.2. The second kappa shape index (κ2) is 7.58. The van der Waals surface area contributed by atoms with Crippen LogP contribution in [-0.2, 0) is 0 Å². The highest BCUT2D eigenvalue weighted by atomic mass is 32.2. The zero-order valence-electron chi connectivity index (χ0n) is 10.2. The average molecular weight is 238 g/mol. The van der Waals surface area contributed by atoms with E-state index in [1.807, 2.05) is 11.8 Å². The van der Waals surface area contributed by atoms with E-state index in [-0.39, 0.29) is 0 Å². The van der Waals surface area contributed by atoms with E-state index in [1.165, 1.54) is 22.8 Å². The zero-order valence-corrected chi connectivity index (χ0v) is 11.0. The van der Waals surface area contributed by atoms with Crippen LogP contribution in [0, 0.1) is 6.92 Å². The van der Waals surface area contributed by atoms with E-state index in [0.717, 1.165) is 6.42 Å². The summed E-state index contributed by atoms with van der Waals surface area (Å²) in [5, 5.41) is 3.48. The fourth-order valence-corrected chi connectivity index (χ4v) is 2.24. The number of aryl methyl sites for hydroxylation is 1. The highest BCUT2D eigenvalue weighted by molar-refractivity contribution is 7.99. The van der Waals surface area contributed by atoms with Crippen LogP contribution in [0.3, 0.4) is 0 Å². The highest BCUT2D eigenvalue weighted by Gasteiger charge is 2.05. The highest BCUT2D eigenvalue weighted by Crippen LogP contribution is 2.12. The summed E-state index contributed by atoms with van der Waals surface area (Å²) in [4.78, 5) is 0. The second-order valence-electron chi connectivity index (χ2n) is 3.93. The number of nitrogens with two attached hydrogens (primary N) is 1. The van der Waals surface area contributed by atoms with Crippen molar-refractivity contribution in [3.63, 3.8) is 0 Å². The SMILES string of the molecule is CCSCCC(CN)Nc1ccc(C)cc1. The first kappa shape index (κ1) is 13.4. The van der Waals surface area contributed by atoms with Crippen molar-refractivity contribution in [3.05, 3.63) is 29.8 Å². The number of thioether (sulfide) groups is 1. The predicted octanol–water partition coefficient (Wildman–Crippen LogP) is 2.88. The molecule has 0 aliphatic carbocycles. The fraction of sp³-hybridized carbons (Fsp3) is 0.538. The van der Waals surface area contributed by atoms with Gasteiger partial charge in [-0.05, 0) is 37.0 Å². The number of nitrogens with one attached hydrogen (secondary N) is 1. The van der Waals surface area contributed by atoms with Crippen molar-refractivity contribution >= 4 is 17.4 Å². The Kier molecular flexibility index (Phi) is 6.34. The molecule has 0 aliphatic rings. The summed E-state index contributed by atoms with van der Waals surface area (Å²) in [5.74, 6) is 2.36. The molecule has 16 heavy (non-hydrogen) atoms. The molecule has 0 amide bonds. The second-order valence-corrected chi connectivity index (χ2v) is 5.32. The summed E-state index contributed by atoms with van der Waals surface area (Å²) in [7, 11) is 0. The Morgan fingerprint density at radius 1 is 1.31 bits per heavy atom. The third-order valence-electron chi connectivity index (χ3n) is 2.52. The van der Waals surface area contributed by atoms with Crippen LogP contribution in [0.2, 0.25) is 0 Å². The number of hydrogen-bond acceptors (Lipinski definition) is 3. The topological polar surface area (TPSA) is 38.0 Å².